The van der Waals surface area contributed by atoms with Crippen molar-refractivity contribution in [1.82, 2.24) is 4.98 Å². The normalized spacial score (nSPS) is 23.3. The highest BCUT2D eigenvalue weighted by Crippen LogP contribution is 2.53. The summed E-state index contributed by atoms with van der Waals surface area (Å²) in [4.78, 5) is 10.3. The SMILES string of the molecule is NC1=NC2(COC1)c1cc(-c3cccnc3F)ccc1Oc1c(F)cc(N3CCC(F)C3)cc12. The molecule has 2 atom stereocenters. The summed E-state index contributed by atoms with van der Waals surface area (Å²) in [6, 6.07) is 11.5. The Balaban J connectivity index is 1.57. The van der Waals surface area contributed by atoms with Crippen LogP contribution in [0.5, 0.6) is 11.5 Å². The lowest BCUT2D eigenvalue weighted by molar-refractivity contribution is 0.109. The molecule has 1 spiro atoms. The second-order valence-electron chi connectivity index (χ2n) is 8.75. The Kier molecular flexibility index (Phi) is 4.77. The van der Waals surface area contributed by atoms with Gasteiger partial charge in [-0.25, -0.2) is 13.8 Å². The largest absolute Gasteiger partial charge is 0.453 e. The lowest BCUT2D eigenvalue weighted by Crippen LogP contribution is -2.42. The van der Waals surface area contributed by atoms with Crippen molar-refractivity contribution < 1.29 is 22.6 Å². The van der Waals surface area contributed by atoms with Crippen LogP contribution in [0, 0.1) is 11.8 Å². The minimum absolute atomic E-state index is 0.0228. The number of hydrogen-bond acceptors (Lipinski definition) is 6. The first kappa shape index (κ1) is 21.0. The number of hydrogen-bond donors (Lipinski definition) is 1. The first-order valence-corrected chi connectivity index (χ1v) is 11.0. The smallest absolute Gasteiger partial charge is 0.220 e. The molecular weight excluding hydrogens is 445 g/mol. The summed E-state index contributed by atoms with van der Waals surface area (Å²) in [5, 5.41) is 0. The fourth-order valence-corrected chi connectivity index (χ4v) is 4.98. The van der Waals surface area contributed by atoms with Gasteiger partial charge in [0.1, 0.15) is 29.9 Å². The molecule has 174 valence electrons. The van der Waals surface area contributed by atoms with E-state index in [9.17, 15) is 8.78 Å². The number of halogens is 3. The zero-order valence-corrected chi connectivity index (χ0v) is 18.1. The predicted octanol–water partition coefficient (Wildman–Crippen LogP) is 4.31. The molecule has 9 heteroatoms. The lowest BCUT2D eigenvalue weighted by atomic mass is 9.79. The van der Waals surface area contributed by atoms with Gasteiger partial charge in [0.25, 0.3) is 0 Å². The van der Waals surface area contributed by atoms with Gasteiger partial charge < -0.3 is 20.1 Å². The van der Waals surface area contributed by atoms with Crippen LogP contribution in [-0.4, -0.2) is 43.3 Å². The van der Waals surface area contributed by atoms with Crippen molar-refractivity contribution in [2.24, 2.45) is 10.7 Å². The Hall–Kier alpha value is -3.59. The number of aromatic nitrogens is 1. The molecule has 2 unspecified atom stereocenters. The number of pyridine rings is 1. The van der Waals surface area contributed by atoms with Crippen molar-refractivity contribution in [3.8, 4) is 22.6 Å². The van der Waals surface area contributed by atoms with E-state index in [1.807, 2.05) is 0 Å². The van der Waals surface area contributed by atoms with Crippen LogP contribution in [0.25, 0.3) is 11.1 Å². The van der Waals surface area contributed by atoms with Crippen LogP contribution < -0.4 is 15.4 Å². The maximum Gasteiger partial charge on any atom is 0.220 e. The number of fused-ring (bicyclic) bond motifs is 4. The summed E-state index contributed by atoms with van der Waals surface area (Å²) < 4.78 is 55.5. The Morgan fingerprint density at radius 1 is 1.12 bits per heavy atom. The number of amidine groups is 1. The number of ether oxygens (including phenoxy) is 2. The minimum Gasteiger partial charge on any atom is -0.453 e. The summed E-state index contributed by atoms with van der Waals surface area (Å²) in [6.45, 7) is 0.901. The van der Waals surface area contributed by atoms with Gasteiger partial charge >= 0.3 is 0 Å². The highest BCUT2D eigenvalue weighted by atomic mass is 19.1. The van der Waals surface area contributed by atoms with Crippen molar-refractivity contribution in [3.63, 3.8) is 0 Å². The van der Waals surface area contributed by atoms with Gasteiger partial charge in [0.2, 0.25) is 5.95 Å². The quantitative estimate of drug-likeness (QED) is 0.570. The zero-order valence-electron chi connectivity index (χ0n) is 18.1. The third kappa shape index (κ3) is 3.22. The molecule has 1 fully saturated rings. The molecule has 0 bridgehead atoms. The summed E-state index contributed by atoms with van der Waals surface area (Å²) in [6.07, 6.45) is 0.800. The van der Waals surface area contributed by atoms with Crippen LogP contribution >= 0.6 is 0 Å². The molecule has 0 radical (unpaired) electrons. The summed E-state index contributed by atoms with van der Waals surface area (Å²) in [5.74, 6) is -0.547. The molecule has 1 aromatic heterocycles. The van der Waals surface area contributed by atoms with E-state index in [1.54, 1.807) is 41.3 Å². The second kappa shape index (κ2) is 7.73. The number of aliphatic imine (C=N–C) groups is 1. The van der Waals surface area contributed by atoms with Crippen molar-refractivity contribution >= 4 is 11.5 Å². The lowest BCUT2D eigenvalue weighted by Gasteiger charge is -2.40. The molecule has 2 N–H and O–H groups in total. The third-order valence-electron chi connectivity index (χ3n) is 6.57. The highest BCUT2D eigenvalue weighted by molar-refractivity contribution is 5.84. The van der Waals surface area contributed by atoms with Crippen LogP contribution in [0.15, 0.2) is 53.7 Å². The molecule has 0 saturated carbocycles. The molecule has 3 aliphatic rings. The predicted molar refractivity (Wildman–Crippen MR) is 121 cm³/mol. The number of rotatable bonds is 2. The molecule has 34 heavy (non-hydrogen) atoms. The van der Waals surface area contributed by atoms with Crippen LogP contribution in [0.4, 0.5) is 18.9 Å². The van der Waals surface area contributed by atoms with Crippen LogP contribution in [0.2, 0.25) is 0 Å². The molecule has 2 aromatic carbocycles. The van der Waals surface area contributed by atoms with Crippen molar-refractivity contribution in [1.29, 1.82) is 0 Å². The van der Waals surface area contributed by atoms with E-state index in [1.165, 1.54) is 12.3 Å². The van der Waals surface area contributed by atoms with Crippen molar-refractivity contribution in [3.05, 3.63) is 71.6 Å². The van der Waals surface area contributed by atoms with Crippen molar-refractivity contribution in [2.45, 2.75) is 18.1 Å². The van der Waals surface area contributed by atoms with Gasteiger partial charge in [0.05, 0.1) is 6.61 Å². The molecule has 1 saturated heterocycles. The van der Waals surface area contributed by atoms with Crippen LogP contribution in [0.3, 0.4) is 0 Å². The Morgan fingerprint density at radius 3 is 2.76 bits per heavy atom. The molecule has 0 aliphatic carbocycles. The number of benzene rings is 2. The molecule has 3 aromatic rings. The fraction of sp³-hybridized carbons (Fsp3) is 0.280. The van der Waals surface area contributed by atoms with E-state index in [4.69, 9.17) is 20.2 Å². The standard InChI is InChI=1S/C25H21F3N4O2/c26-15-5-7-32(11-15)16-9-19-23(20(27)10-16)34-21-4-3-14(17-2-1-6-30-24(17)28)8-18(21)25(19)13-33-12-22(29)31-25/h1-4,6,8-10,15H,5,7,11-13H2,(H2,29,31). The van der Waals surface area contributed by atoms with E-state index >= 15 is 4.39 Å². The average molecular weight is 466 g/mol. The Labute approximate surface area is 193 Å². The van der Waals surface area contributed by atoms with Gasteiger partial charge in [-0.05, 0) is 42.3 Å². The first-order valence-electron chi connectivity index (χ1n) is 11.0. The topological polar surface area (TPSA) is 73.0 Å². The average Bonchev–Trinajstić information content (AvgIpc) is 3.26. The van der Waals surface area contributed by atoms with Gasteiger partial charge in [0, 0.05) is 47.7 Å². The van der Waals surface area contributed by atoms with Crippen LogP contribution in [0.1, 0.15) is 17.5 Å². The Bertz CT molecular complexity index is 1330. The fourth-order valence-electron chi connectivity index (χ4n) is 4.98. The maximum absolute atomic E-state index is 15.4. The number of anilines is 1. The van der Waals surface area contributed by atoms with Gasteiger partial charge in [-0.1, -0.05) is 6.07 Å². The second-order valence-corrected chi connectivity index (χ2v) is 8.75. The first-order chi connectivity index (χ1) is 16.4. The maximum atomic E-state index is 15.4. The van der Waals surface area contributed by atoms with Gasteiger partial charge in [-0.15, -0.1) is 0 Å². The van der Waals surface area contributed by atoms with Gasteiger partial charge in [-0.2, -0.15) is 4.39 Å². The number of nitrogens with two attached hydrogens (primary N) is 1. The van der Waals surface area contributed by atoms with Crippen molar-refractivity contribution in [2.75, 3.05) is 31.2 Å². The third-order valence-corrected chi connectivity index (χ3v) is 6.57. The van der Waals surface area contributed by atoms with E-state index in [0.717, 1.165) is 0 Å². The van der Waals surface area contributed by atoms with Gasteiger partial charge in [0.15, 0.2) is 11.6 Å². The van der Waals surface area contributed by atoms with Gasteiger partial charge in [-0.3, -0.25) is 4.99 Å². The molecular formula is C25H21F3N4O2. The molecule has 3 aliphatic heterocycles. The summed E-state index contributed by atoms with van der Waals surface area (Å²) in [5.41, 5.74) is 7.32. The number of alkyl halides is 1. The molecule has 0 amide bonds. The van der Waals surface area contributed by atoms with E-state index < -0.39 is 23.5 Å². The Morgan fingerprint density at radius 2 is 2.00 bits per heavy atom. The number of nitrogens with zero attached hydrogens (tertiary/aromatic N) is 3. The highest BCUT2D eigenvalue weighted by Gasteiger charge is 2.46. The van der Waals surface area contributed by atoms with E-state index in [2.05, 4.69) is 4.98 Å². The molecule has 6 rings (SSSR count). The molecule has 6 nitrogen and oxygen atoms in total. The molecule has 4 heterocycles. The minimum atomic E-state index is -1.20. The zero-order chi connectivity index (χ0) is 23.4. The summed E-state index contributed by atoms with van der Waals surface area (Å²) >= 11 is 0. The summed E-state index contributed by atoms with van der Waals surface area (Å²) in [7, 11) is 0. The monoisotopic (exact) mass is 466 g/mol. The van der Waals surface area contributed by atoms with E-state index in [-0.39, 0.29) is 31.3 Å². The van der Waals surface area contributed by atoms with Crippen LogP contribution in [-0.2, 0) is 10.3 Å². The van der Waals surface area contributed by atoms with E-state index in [0.29, 0.717) is 46.7 Å².